The molecule has 28 heavy (non-hydrogen) atoms. The Morgan fingerprint density at radius 2 is 1.86 bits per heavy atom. The van der Waals surface area contributed by atoms with Crippen molar-refractivity contribution in [2.75, 3.05) is 49.7 Å². The van der Waals surface area contributed by atoms with Crippen molar-refractivity contribution in [3.05, 3.63) is 45.4 Å². The average molecular weight is 470 g/mol. The van der Waals surface area contributed by atoms with Gasteiger partial charge in [0.25, 0.3) is 0 Å². The maximum Gasteiger partial charge on any atom is 0.175 e. The minimum Gasteiger partial charge on any atom is -0.490 e. The zero-order valence-corrected chi connectivity index (χ0v) is 18.6. The Bertz CT molecular complexity index is 797. The molecule has 0 saturated carbocycles. The van der Waals surface area contributed by atoms with Crippen LogP contribution in [-0.2, 0) is 11.3 Å². The van der Waals surface area contributed by atoms with Gasteiger partial charge in [-0.15, -0.1) is 0 Å². The van der Waals surface area contributed by atoms with Gasteiger partial charge in [0.15, 0.2) is 11.5 Å². The van der Waals surface area contributed by atoms with Crippen LogP contribution in [0.3, 0.4) is 0 Å². The van der Waals surface area contributed by atoms with Gasteiger partial charge in [-0.05, 0) is 65.7 Å². The fourth-order valence-corrected chi connectivity index (χ4v) is 4.06. The molecule has 1 fully saturated rings. The van der Waals surface area contributed by atoms with Crippen LogP contribution in [0.4, 0.5) is 11.4 Å². The summed E-state index contributed by atoms with van der Waals surface area (Å²) >= 11 is 10.1. The fourth-order valence-electron chi connectivity index (χ4n) is 3.15. The molecule has 3 rings (SSSR count). The van der Waals surface area contributed by atoms with E-state index in [0.29, 0.717) is 19.8 Å². The topological polar surface area (TPSA) is 43.0 Å². The molecule has 1 saturated heterocycles. The molecule has 1 aliphatic rings. The number of halogens is 2. The van der Waals surface area contributed by atoms with E-state index in [1.54, 1.807) is 0 Å². The molecule has 0 spiro atoms. The first-order valence-electron chi connectivity index (χ1n) is 9.56. The summed E-state index contributed by atoms with van der Waals surface area (Å²) in [7, 11) is 0. The van der Waals surface area contributed by atoms with Crippen molar-refractivity contribution in [1.29, 1.82) is 0 Å². The molecule has 0 unspecified atom stereocenters. The van der Waals surface area contributed by atoms with Crippen LogP contribution in [0.15, 0.2) is 34.8 Å². The van der Waals surface area contributed by atoms with Crippen molar-refractivity contribution in [2.24, 2.45) is 0 Å². The molecule has 1 aliphatic heterocycles. The summed E-state index contributed by atoms with van der Waals surface area (Å²) < 4.78 is 17.7. The zero-order valence-electron chi connectivity index (χ0n) is 16.3. The van der Waals surface area contributed by atoms with Crippen LogP contribution < -0.4 is 19.7 Å². The van der Waals surface area contributed by atoms with Gasteiger partial charge in [-0.25, -0.2) is 0 Å². The Kier molecular flexibility index (Phi) is 7.71. The van der Waals surface area contributed by atoms with E-state index in [4.69, 9.17) is 25.8 Å². The SMILES string of the molecule is CCOc1cc(CNc2ccc(N3CCOCC3)c(Cl)c2)cc(Br)c1OCC. The molecule has 2 aromatic carbocycles. The number of morpholine rings is 1. The highest BCUT2D eigenvalue weighted by Crippen LogP contribution is 2.37. The summed E-state index contributed by atoms with van der Waals surface area (Å²) in [6, 6.07) is 10.2. The van der Waals surface area contributed by atoms with Gasteiger partial charge in [0.05, 0.1) is 41.6 Å². The number of hydrogen-bond acceptors (Lipinski definition) is 5. The van der Waals surface area contributed by atoms with E-state index in [1.807, 2.05) is 32.0 Å². The third-order valence-electron chi connectivity index (χ3n) is 4.45. The standard InChI is InChI=1S/C21H26BrClN2O3/c1-3-27-20-12-15(11-17(22)21(20)28-4-2)14-24-16-5-6-19(18(23)13-16)25-7-9-26-10-8-25/h5-6,11-13,24H,3-4,7-10,14H2,1-2H3. The summed E-state index contributed by atoms with van der Waals surface area (Å²) in [5, 5.41) is 4.18. The predicted octanol–water partition coefficient (Wildman–Crippen LogP) is 5.35. The van der Waals surface area contributed by atoms with Gasteiger partial charge >= 0.3 is 0 Å². The summed E-state index contributed by atoms with van der Waals surface area (Å²) in [5.74, 6) is 1.49. The maximum absolute atomic E-state index is 6.53. The molecular weight excluding hydrogens is 444 g/mol. The van der Waals surface area contributed by atoms with Gasteiger partial charge in [0, 0.05) is 25.3 Å². The van der Waals surface area contributed by atoms with E-state index in [9.17, 15) is 0 Å². The first-order valence-corrected chi connectivity index (χ1v) is 10.7. The summed E-state index contributed by atoms with van der Waals surface area (Å²) in [5.41, 5.74) is 3.12. The molecule has 5 nitrogen and oxygen atoms in total. The number of ether oxygens (including phenoxy) is 3. The third kappa shape index (κ3) is 5.25. The Hall–Kier alpha value is -1.63. The van der Waals surface area contributed by atoms with Crippen LogP contribution in [0.25, 0.3) is 0 Å². The predicted molar refractivity (Wildman–Crippen MR) is 118 cm³/mol. The van der Waals surface area contributed by atoms with Crippen LogP contribution in [-0.4, -0.2) is 39.5 Å². The van der Waals surface area contributed by atoms with Crippen molar-refractivity contribution < 1.29 is 14.2 Å². The van der Waals surface area contributed by atoms with Gasteiger partial charge in [-0.1, -0.05) is 11.6 Å². The molecule has 7 heteroatoms. The lowest BCUT2D eigenvalue weighted by Crippen LogP contribution is -2.36. The van der Waals surface area contributed by atoms with E-state index in [1.165, 1.54) is 0 Å². The Morgan fingerprint density at radius 3 is 2.54 bits per heavy atom. The number of nitrogens with one attached hydrogen (secondary N) is 1. The largest absolute Gasteiger partial charge is 0.490 e. The number of rotatable bonds is 8. The number of anilines is 2. The summed E-state index contributed by atoms with van der Waals surface area (Å²) in [6.45, 7) is 8.97. The molecule has 152 valence electrons. The van der Waals surface area contributed by atoms with Gasteiger partial charge in [-0.2, -0.15) is 0 Å². The highest BCUT2D eigenvalue weighted by atomic mass is 79.9. The highest BCUT2D eigenvalue weighted by Gasteiger charge is 2.15. The second-order valence-corrected chi connectivity index (χ2v) is 7.65. The molecule has 0 atom stereocenters. The van der Waals surface area contributed by atoms with Crippen LogP contribution in [0, 0.1) is 0 Å². The lowest BCUT2D eigenvalue weighted by atomic mass is 10.2. The monoisotopic (exact) mass is 468 g/mol. The third-order valence-corrected chi connectivity index (χ3v) is 5.35. The molecule has 0 radical (unpaired) electrons. The van der Waals surface area contributed by atoms with Gasteiger partial charge < -0.3 is 24.4 Å². The minimum atomic E-state index is 0.585. The first kappa shape index (κ1) is 21.1. The van der Waals surface area contributed by atoms with Crippen LogP contribution in [0.2, 0.25) is 5.02 Å². The quantitative estimate of drug-likeness (QED) is 0.564. The molecular formula is C21H26BrClN2O3. The smallest absolute Gasteiger partial charge is 0.175 e. The molecule has 1 heterocycles. The highest BCUT2D eigenvalue weighted by molar-refractivity contribution is 9.10. The van der Waals surface area contributed by atoms with Crippen LogP contribution >= 0.6 is 27.5 Å². The average Bonchev–Trinajstić information content (AvgIpc) is 2.70. The van der Waals surface area contributed by atoms with Gasteiger partial charge in [0.2, 0.25) is 0 Å². The van der Waals surface area contributed by atoms with E-state index in [0.717, 1.165) is 64.2 Å². The zero-order chi connectivity index (χ0) is 19.9. The normalized spacial score (nSPS) is 14.1. The van der Waals surface area contributed by atoms with E-state index in [-0.39, 0.29) is 0 Å². The van der Waals surface area contributed by atoms with E-state index in [2.05, 4.69) is 38.3 Å². The molecule has 1 N–H and O–H groups in total. The van der Waals surface area contributed by atoms with E-state index < -0.39 is 0 Å². The number of hydrogen-bond donors (Lipinski definition) is 1. The lowest BCUT2D eigenvalue weighted by Gasteiger charge is -2.29. The van der Waals surface area contributed by atoms with Crippen LogP contribution in [0.1, 0.15) is 19.4 Å². The summed E-state index contributed by atoms with van der Waals surface area (Å²) in [4.78, 5) is 2.26. The Balaban J connectivity index is 1.70. The summed E-state index contributed by atoms with van der Waals surface area (Å²) in [6.07, 6.45) is 0. The fraction of sp³-hybridized carbons (Fsp3) is 0.429. The van der Waals surface area contributed by atoms with E-state index >= 15 is 0 Å². The van der Waals surface area contributed by atoms with Gasteiger partial charge in [0.1, 0.15) is 0 Å². The van der Waals surface area contributed by atoms with Crippen LogP contribution in [0.5, 0.6) is 11.5 Å². The van der Waals surface area contributed by atoms with Crippen molar-refractivity contribution >= 4 is 38.9 Å². The lowest BCUT2D eigenvalue weighted by molar-refractivity contribution is 0.122. The van der Waals surface area contributed by atoms with Crippen molar-refractivity contribution in [3.8, 4) is 11.5 Å². The molecule has 0 aliphatic carbocycles. The second kappa shape index (κ2) is 10.2. The van der Waals surface area contributed by atoms with Crippen molar-refractivity contribution in [1.82, 2.24) is 0 Å². The maximum atomic E-state index is 6.53. The molecule has 0 bridgehead atoms. The Morgan fingerprint density at radius 1 is 1.11 bits per heavy atom. The second-order valence-electron chi connectivity index (χ2n) is 6.39. The molecule has 2 aromatic rings. The van der Waals surface area contributed by atoms with Gasteiger partial charge in [-0.3, -0.25) is 0 Å². The van der Waals surface area contributed by atoms with Crippen molar-refractivity contribution in [3.63, 3.8) is 0 Å². The van der Waals surface area contributed by atoms with Crippen molar-refractivity contribution in [2.45, 2.75) is 20.4 Å². The first-order chi connectivity index (χ1) is 13.6. The minimum absolute atomic E-state index is 0.585. The Labute approximate surface area is 180 Å². The number of nitrogens with zero attached hydrogens (tertiary/aromatic N) is 1. The molecule has 0 amide bonds. The molecule has 0 aromatic heterocycles. The number of benzene rings is 2.